The van der Waals surface area contributed by atoms with Gasteiger partial charge in [-0.25, -0.2) is 19.6 Å². The van der Waals surface area contributed by atoms with Gasteiger partial charge in [-0.1, -0.05) is 99.0 Å². The van der Waals surface area contributed by atoms with E-state index in [2.05, 4.69) is 47.5 Å². The Balaban J connectivity index is 0.805. The number of carboxylic acid groups (broad SMARTS) is 1. The largest absolute Gasteiger partial charge is 0.484 e. The maximum Gasteiger partial charge on any atom is 0.336 e. The van der Waals surface area contributed by atoms with E-state index in [1.807, 2.05) is 92.0 Å². The van der Waals surface area contributed by atoms with E-state index in [0.717, 1.165) is 35.6 Å². The molecule has 2 saturated heterocycles. The number of carboxylic acids is 1. The number of carbonyl (C=O) groups is 10. The lowest BCUT2D eigenvalue weighted by atomic mass is 9.82. The van der Waals surface area contributed by atoms with Gasteiger partial charge in [0.05, 0.1) is 35.7 Å². The summed E-state index contributed by atoms with van der Waals surface area (Å²) < 4.78 is 10.3. The van der Waals surface area contributed by atoms with E-state index in [0.29, 0.717) is 134 Å². The summed E-state index contributed by atoms with van der Waals surface area (Å²) in [5.41, 5.74) is 13.8. The first-order valence-corrected chi connectivity index (χ1v) is 37.9. The lowest BCUT2D eigenvalue weighted by molar-refractivity contribution is -0.465. The number of ether oxygens (including phenoxy) is 1. The van der Waals surface area contributed by atoms with Gasteiger partial charge < -0.3 is 62.8 Å². The van der Waals surface area contributed by atoms with E-state index in [1.54, 1.807) is 73.1 Å². The van der Waals surface area contributed by atoms with Gasteiger partial charge in [0.15, 0.2) is 11.5 Å². The number of nitrogens with one attached hydrogen (secondary N) is 8. The zero-order chi connectivity index (χ0) is 76.8. The van der Waals surface area contributed by atoms with Gasteiger partial charge in [-0.15, -0.1) is 5.10 Å². The second-order valence-electron chi connectivity index (χ2n) is 28.6. The van der Waals surface area contributed by atoms with Crippen LogP contribution in [-0.4, -0.2) is 195 Å². The Bertz CT molecular complexity index is 4120. The molecule has 3 aliphatic heterocycles. The number of rotatable bonds is 40. The van der Waals surface area contributed by atoms with Gasteiger partial charge in [0.25, 0.3) is 11.8 Å². The van der Waals surface area contributed by atoms with Crippen LogP contribution in [0.3, 0.4) is 0 Å². The van der Waals surface area contributed by atoms with E-state index < -0.39 is 77.7 Å². The third-order valence-electron chi connectivity index (χ3n) is 19.7. The molecule has 9 atom stereocenters. The highest BCUT2D eigenvalue weighted by atomic mass is 32.2. The number of nitrogens with two attached hydrogens (primary N) is 1. The average molecular weight is 1490 g/mol. The van der Waals surface area contributed by atoms with E-state index >= 15 is 0 Å². The molecule has 572 valence electrons. The molecule has 1 aliphatic carbocycles. The van der Waals surface area contributed by atoms with E-state index in [4.69, 9.17) is 10.5 Å². The number of unbranched alkanes of at least 4 members (excludes halogenated alkanes) is 5. The van der Waals surface area contributed by atoms with Crippen LogP contribution in [0.25, 0.3) is 5.57 Å². The summed E-state index contributed by atoms with van der Waals surface area (Å²) in [5, 5.41) is 60.0. The summed E-state index contributed by atoms with van der Waals surface area (Å²) in [5.74, 6) is -6.18. The number of allylic oxidation sites excluding steroid dienone is 1. The minimum Gasteiger partial charge on any atom is -0.484 e. The molecule has 28 nitrogen and oxygen atoms in total. The number of urea groups is 1. The molecule has 4 aromatic carbocycles. The number of primary amides is 1. The van der Waals surface area contributed by atoms with E-state index in [9.17, 15) is 63.4 Å². The Hall–Kier alpha value is -10.3. The number of fused-ring (bicyclic) bond motifs is 3. The highest BCUT2D eigenvalue weighted by molar-refractivity contribution is 8.00. The van der Waals surface area contributed by atoms with Crippen molar-refractivity contribution in [2.75, 3.05) is 51.9 Å². The fourth-order valence-corrected chi connectivity index (χ4v) is 15.3. The van der Waals surface area contributed by atoms with Gasteiger partial charge in [0, 0.05) is 115 Å². The van der Waals surface area contributed by atoms with Crippen LogP contribution in [0.5, 0.6) is 5.75 Å². The van der Waals surface area contributed by atoms with Gasteiger partial charge in [-0.05, 0) is 118 Å². The maximum absolute atomic E-state index is 14.5. The number of nitrogens with zero attached hydrogens (tertiary/aromatic N) is 5. The minimum absolute atomic E-state index is 0.00794. The summed E-state index contributed by atoms with van der Waals surface area (Å²) in [6.45, 7) is 4.62. The van der Waals surface area contributed by atoms with Crippen molar-refractivity contribution in [1.82, 2.24) is 57.7 Å². The van der Waals surface area contributed by atoms with Crippen LogP contribution in [-0.2, 0) is 48.2 Å². The van der Waals surface area contributed by atoms with Gasteiger partial charge in [-0.3, -0.25) is 48.2 Å². The SMILES string of the molecule is CC(C)C[C@@H](C(=O)N[C@H](Cc1ccc(C(=O)c2ccccc2)cc1)C(=O)NCCCCc1cn(CCCCCC(NC(=O)c2ccc(C3=C4C=CC(=[N+](C)C)CC4Oc4cc(N(C)C)ccc43)c(C(=O)O)c2)C(=O)NC(CCCCNC(=O)CCCCC2SCC3NC(=O)NC32)C(N)=O)nn1)[C@@H](O)C(=O)NO. The molecule has 6 unspecified atom stereocenters. The van der Waals surface area contributed by atoms with Crippen LogP contribution in [0.4, 0.5) is 10.5 Å². The number of benzene rings is 4. The van der Waals surface area contributed by atoms with Crippen LogP contribution in [0.15, 0.2) is 115 Å². The molecule has 13 N–H and O–H groups in total. The number of aromatic nitrogens is 3. The molecule has 0 saturated carbocycles. The van der Waals surface area contributed by atoms with Crippen LogP contribution in [0, 0.1) is 11.8 Å². The third kappa shape index (κ3) is 22.4. The predicted molar refractivity (Wildman–Crippen MR) is 404 cm³/mol. The molecule has 4 heterocycles. The fraction of sp³-hybridized carbons (Fsp3) is 0.474. The van der Waals surface area contributed by atoms with Crippen molar-refractivity contribution in [3.05, 3.63) is 160 Å². The first-order valence-electron chi connectivity index (χ1n) is 36.8. The number of amides is 9. The highest BCUT2D eigenvalue weighted by Crippen LogP contribution is 2.45. The number of thioether (sulfide) groups is 1. The summed E-state index contributed by atoms with van der Waals surface area (Å²) in [4.78, 5) is 135. The Morgan fingerprint density at radius 3 is 2.17 bits per heavy atom. The quantitative estimate of drug-likeness (QED) is 0.00571. The monoisotopic (exact) mass is 1490 g/mol. The molecule has 5 aromatic rings. The number of carbonyl (C=O) groups excluding carboxylic acids is 9. The van der Waals surface area contributed by atoms with Crippen LogP contribution < -0.4 is 58.1 Å². The molecule has 1 aromatic heterocycles. The summed E-state index contributed by atoms with van der Waals surface area (Å²) in [6.07, 6.45) is 11.2. The number of hydroxylamine groups is 1. The van der Waals surface area contributed by atoms with Gasteiger partial charge >= 0.3 is 12.0 Å². The van der Waals surface area contributed by atoms with Crippen LogP contribution in [0.2, 0.25) is 0 Å². The van der Waals surface area contributed by atoms with Gasteiger partial charge in [0.1, 0.15) is 50.2 Å². The molecule has 29 heteroatoms. The van der Waals surface area contributed by atoms with Crippen molar-refractivity contribution in [3.63, 3.8) is 0 Å². The number of aliphatic hydroxyl groups is 1. The summed E-state index contributed by atoms with van der Waals surface area (Å²) >= 11 is 1.83. The number of aromatic carboxylic acids is 1. The fourth-order valence-electron chi connectivity index (χ4n) is 13.8. The number of ketones is 1. The minimum atomic E-state index is -1.90. The first kappa shape index (κ1) is 80.8. The lowest BCUT2D eigenvalue weighted by Gasteiger charge is -2.33. The van der Waals surface area contributed by atoms with Crippen molar-refractivity contribution in [2.24, 2.45) is 17.6 Å². The van der Waals surface area contributed by atoms with Crippen LogP contribution >= 0.6 is 11.8 Å². The van der Waals surface area contributed by atoms with Crippen molar-refractivity contribution in [2.45, 2.75) is 177 Å². The van der Waals surface area contributed by atoms with E-state index in [-0.39, 0.29) is 79.1 Å². The standard InChI is InChI=1S/C78H100N14O14S/c1-46(2)39-58(70(95)76(101)88-105)73(98)84-61(40-47-26-28-49(29-27-47)69(94)48-19-9-7-10-20-48)74(99)81-37-16-14-21-51-44-92(89-87-51)38-18-8-11-23-60(75(100)82-59(71(79)96)22-15-17-36-80-66(93)25-13-12-24-65-68-62(45-107-65)85-78(104)86-68)83-72(97)50-30-33-54(57(41-50)77(102)103)67-55-34-31-52(90(3)4)42-63(55)106-64-43-53(91(5)6)32-35-56(64)67/h7,9-10,19-20,26-35,41-42,44,46,58-62,64-65,68,70,95H,8,11-18,21-25,36-40,43,45H2,1-6H3,(H11-,79,80,81,82,83,84,85,86,87,88,89,93,96,97,98,99,100,101,102,103,104,105)/p+1/t58-,59?,60?,61-,62?,64?,65?,68?,70-/m1/s1. The van der Waals surface area contributed by atoms with Gasteiger partial charge in [0.2, 0.25) is 29.5 Å². The summed E-state index contributed by atoms with van der Waals surface area (Å²) in [7, 11) is 7.73. The Labute approximate surface area is 627 Å². The number of aliphatic hydroxyl groups excluding tert-OH is 1. The van der Waals surface area contributed by atoms with Crippen molar-refractivity contribution < 1.29 is 72.7 Å². The second kappa shape index (κ2) is 38.8. The predicted octanol–water partition coefficient (Wildman–Crippen LogP) is 5.55. The molecular formula is C78H101N14O14S+. The Morgan fingerprint density at radius 2 is 1.45 bits per heavy atom. The topological polar surface area (TPSA) is 400 Å². The van der Waals surface area contributed by atoms with Crippen molar-refractivity contribution in [3.8, 4) is 5.75 Å². The van der Waals surface area contributed by atoms with Gasteiger partial charge in [-0.2, -0.15) is 11.8 Å². The molecule has 0 bridgehead atoms. The molecule has 0 spiro atoms. The Kier molecular flexibility index (Phi) is 29.3. The number of anilines is 1. The number of aryl methyl sites for hydroxylation is 2. The maximum atomic E-state index is 14.5. The van der Waals surface area contributed by atoms with Crippen molar-refractivity contribution in [1.29, 1.82) is 0 Å². The zero-order valence-corrected chi connectivity index (χ0v) is 62.4. The molecular weight excluding hydrogens is 1390 g/mol. The average Bonchev–Trinajstić information content (AvgIpc) is 1.10. The van der Waals surface area contributed by atoms with Crippen molar-refractivity contribution >= 4 is 87.9 Å². The molecule has 4 aliphatic rings. The molecule has 9 rings (SSSR count). The summed E-state index contributed by atoms with van der Waals surface area (Å²) in [6, 6.07) is 22.3. The normalized spacial score (nSPS) is 17.7. The zero-order valence-electron chi connectivity index (χ0n) is 61.6. The first-order chi connectivity index (χ1) is 51.3. The third-order valence-corrected chi connectivity index (χ3v) is 21.2. The number of hydrogen-bond acceptors (Lipinski definition) is 17. The molecule has 0 radical (unpaired) electrons. The molecule has 2 fully saturated rings. The van der Waals surface area contributed by atoms with Crippen LogP contribution in [0.1, 0.15) is 169 Å². The second-order valence-corrected chi connectivity index (χ2v) is 29.9. The van der Waals surface area contributed by atoms with E-state index in [1.165, 1.54) is 17.6 Å². The smallest absolute Gasteiger partial charge is 0.336 e. The highest BCUT2D eigenvalue weighted by Gasteiger charge is 2.43. The molecule has 107 heavy (non-hydrogen) atoms. The lowest BCUT2D eigenvalue weighted by Crippen LogP contribution is -2.53. The molecule has 9 amide bonds. The Morgan fingerprint density at radius 1 is 0.748 bits per heavy atom. The number of hydrogen-bond donors (Lipinski definition) is 12.